The minimum Gasteiger partial charge on any atom is -0.487 e. The normalized spacial score (nSPS) is 28.4. The average molecular weight is 224 g/mol. The predicted molar refractivity (Wildman–Crippen MR) is 59.9 cm³/mol. The van der Waals surface area contributed by atoms with Crippen LogP contribution < -0.4 is 4.74 Å². The number of fused-ring (bicyclic) bond motifs is 1. The molecular weight excluding hydrogens is 207 g/mol. The van der Waals surface area contributed by atoms with Crippen LogP contribution in [0.3, 0.4) is 0 Å². The van der Waals surface area contributed by atoms with E-state index in [1.807, 2.05) is 6.92 Å². The van der Waals surface area contributed by atoms with Gasteiger partial charge in [-0.2, -0.15) is 0 Å². The summed E-state index contributed by atoms with van der Waals surface area (Å²) < 4.78 is 18.9. The van der Waals surface area contributed by atoms with Crippen LogP contribution in [0.5, 0.6) is 5.75 Å². The van der Waals surface area contributed by atoms with Crippen molar-refractivity contribution in [2.24, 2.45) is 0 Å². The van der Waals surface area contributed by atoms with Crippen LogP contribution in [0, 0.1) is 5.82 Å². The molecule has 2 unspecified atom stereocenters. The van der Waals surface area contributed by atoms with Gasteiger partial charge in [-0.3, -0.25) is 0 Å². The van der Waals surface area contributed by atoms with Crippen molar-refractivity contribution in [3.63, 3.8) is 0 Å². The Bertz CT molecular complexity index is 392. The van der Waals surface area contributed by atoms with Crippen LogP contribution in [0.1, 0.15) is 44.8 Å². The van der Waals surface area contributed by atoms with Gasteiger partial charge in [0.25, 0.3) is 0 Å². The monoisotopic (exact) mass is 224 g/mol. The Morgan fingerprint density at radius 2 is 2.31 bits per heavy atom. The molecule has 2 rings (SSSR count). The smallest absolute Gasteiger partial charge is 0.126 e. The highest BCUT2D eigenvalue weighted by atomic mass is 19.1. The molecular formula is C13H17FO2. The fourth-order valence-corrected chi connectivity index (χ4v) is 2.38. The van der Waals surface area contributed by atoms with E-state index in [1.165, 1.54) is 12.1 Å². The van der Waals surface area contributed by atoms with Crippen molar-refractivity contribution >= 4 is 0 Å². The Balaban J connectivity index is 2.33. The molecule has 3 heteroatoms. The molecule has 1 N–H and O–H groups in total. The van der Waals surface area contributed by atoms with Crippen LogP contribution in [-0.2, 0) is 0 Å². The van der Waals surface area contributed by atoms with Crippen LogP contribution in [0.15, 0.2) is 18.2 Å². The molecule has 2 atom stereocenters. The van der Waals surface area contributed by atoms with E-state index in [1.54, 1.807) is 6.07 Å². The minimum absolute atomic E-state index is 0.333. The summed E-state index contributed by atoms with van der Waals surface area (Å²) in [7, 11) is 0. The highest BCUT2D eigenvalue weighted by molar-refractivity contribution is 5.38. The SMILES string of the molecule is CCCC1(C)CC(O)c2cc(F)ccc2O1. The van der Waals surface area contributed by atoms with Crippen LogP contribution in [-0.4, -0.2) is 10.7 Å². The summed E-state index contributed by atoms with van der Waals surface area (Å²) in [6, 6.07) is 4.32. The maximum absolute atomic E-state index is 13.0. The highest BCUT2D eigenvalue weighted by Gasteiger charge is 2.35. The molecule has 0 radical (unpaired) electrons. The van der Waals surface area contributed by atoms with Crippen LogP contribution in [0.4, 0.5) is 4.39 Å². The zero-order chi connectivity index (χ0) is 11.8. The van der Waals surface area contributed by atoms with Gasteiger partial charge in [-0.1, -0.05) is 13.3 Å². The number of halogens is 1. The maximum atomic E-state index is 13.0. The van der Waals surface area contributed by atoms with Gasteiger partial charge in [0.05, 0.1) is 6.10 Å². The lowest BCUT2D eigenvalue weighted by atomic mass is 9.87. The quantitative estimate of drug-likeness (QED) is 0.835. The second-order valence-electron chi connectivity index (χ2n) is 4.70. The standard InChI is InChI=1S/C13H17FO2/c1-3-6-13(2)8-11(15)10-7-9(14)4-5-12(10)16-13/h4-5,7,11,15H,3,6,8H2,1-2H3. The molecule has 0 bridgehead atoms. The molecule has 88 valence electrons. The number of hydrogen-bond donors (Lipinski definition) is 1. The Hall–Kier alpha value is -1.09. The zero-order valence-electron chi connectivity index (χ0n) is 9.66. The molecule has 0 saturated carbocycles. The molecule has 1 aliphatic rings. The van der Waals surface area contributed by atoms with Gasteiger partial charge in [0.1, 0.15) is 17.2 Å². The lowest BCUT2D eigenvalue weighted by molar-refractivity contribution is -0.00758. The summed E-state index contributed by atoms with van der Waals surface area (Å²) in [5.74, 6) is 0.275. The summed E-state index contributed by atoms with van der Waals surface area (Å²) in [6.45, 7) is 4.08. The van der Waals surface area contributed by atoms with Gasteiger partial charge in [-0.25, -0.2) is 4.39 Å². The summed E-state index contributed by atoms with van der Waals surface area (Å²) in [6.07, 6.45) is 1.79. The first kappa shape index (κ1) is 11.4. The molecule has 0 saturated heterocycles. The van der Waals surface area contributed by atoms with E-state index in [4.69, 9.17) is 4.74 Å². The van der Waals surface area contributed by atoms with Crippen LogP contribution in [0.25, 0.3) is 0 Å². The lowest BCUT2D eigenvalue weighted by Gasteiger charge is -2.38. The van der Waals surface area contributed by atoms with E-state index in [2.05, 4.69) is 6.92 Å². The Morgan fingerprint density at radius 1 is 1.56 bits per heavy atom. The van der Waals surface area contributed by atoms with Crippen molar-refractivity contribution in [2.45, 2.75) is 44.8 Å². The van der Waals surface area contributed by atoms with Crippen molar-refractivity contribution in [3.8, 4) is 5.75 Å². The number of aliphatic hydroxyl groups is 1. The van der Waals surface area contributed by atoms with E-state index < -0.39 is 6.10 Å². The first-order valence-corrected chi connectivity index (χ1v) is 5.70. The van der Waals surface area contributed by atoms with E-state index >= 15 is 0 Å². The number of aliphatic hydroxyl groups excluding tert-OH is 1. The van der Waals surface area contributed by atoms with Gasteiger partial charge in [-0.05, 0) is 31.5 Å². The van der Waals surface area contributed by atoms with Crippen molar-refractivity contribution < 1.29 is 14.2 Å². The predicted octanol–water partition coefficient (Wildman–Crippen LogP) is 3.20. The molecule has 0 aromatic heterocycles. The number of ether oxygens (including phenoxy) is 1. The first-order valence-electron chi connectivity index (χ1n) is 5.70. The van der Waals surface area contributed by atoms with Gasteiger partial charge < -0.3 is 9.84 Å². The molecule has 0 fully saturated rings. The van der Waals surface area contributed by atoms with Gasteiger partial charge in [-0.15, -0.1) is 0 Å². The molecule has 16 heavy (non-hydrogen) atoms. The molecule has 0 spiro atoms. The Kier molecular flexibility index (Phi) is 2.89. The van der Waals surface area contributed by atoms with E-state index in [9.17, 15) is 9.50 Å². The summed E-state index contributed by atoms with van der Waals surface area (Å²) in [4.78, 5) is 0. The van der Waals surface area contributed by atoms with Crippen molar-refractivity contribution in [3.05, 3.63) is 29.6 Å². The van der Waals surface area contributed by atoms with Crippen molar-refractivity contribution in [1.82, 2.24) is 0 Å². The summed E-state index contributed by atoms with van der Waals surface area (Å²) >= 11 is 0. The van der Waals surface area contributed by atoms with Gasteiger partial charge in [0.2, 0.25) is 0 Å². The summed E-state index contributed by atoms with van der Waals surface area (Å²) in [5, 5.41) is 10.0. The molecule has 2 nitrogen and oxygen atoms in total. The summed E-state index contributed by atoms with van der Waals surface area (Å²) in [5.41, 5.74) is 0.229. The molecule has 1 aliphatic heterocycles. The van der Waals surface area contributed by atoms with E-state index in [0.717, 1.165) is 12.8 Å². The molecule has 0 aliphatic carbocycles. The van der Waals surface area contributed by atoms with Gasteiger partial charge >= 0.3 is 0 Å². The molecule has 0 amide bonds. The second-order valence-corrected chi connectivity index (χ2v) is 4.70. The third-order valence-electron chi connectivity index (χ3n) is 3.09. The fourth-order valence-electron chi connectivity index (χ4n) is 2.38. The van der Waals surface area contributed by atoms with Crippen molar-refractivity contribution in [2.75, 3.05) is 0 Å². The molecule has 1 aromatic carbocycles. The van der Waals surface area contributed by atoms with E-state index in [-0.39, 0.29) is 11.4 Å². The number of rotatable bonds is 2. The molecule has 1 aromatic rings. The van der Waals surface area contributed by atoms with Crippen LogP contribution in [0.2, 0.25) is 0 Å². The largest absolute Gasteiger partial charge is 0.487 e. The number of hydrogen-bond acceptors (Lipinski definition) is 2. The third kappa shape index (κ3) is 2.05. The Labute approximate surface area is 95.1 Å². The van der Waals surface area contributed by atoms with Crippen LogP contribution >= 0.6 is 0 Å². The first-order chi connectivity index (χ1) is 7.54. The second kappa shape index (κ2) is 4.06. The average Bonchev–Trinajstić information content (AvgIpc) is 2.19. The molecule has 1 heterocycles. The Morgan fingerprint density at radius 3 is 3.00 bits per heavy atom. The minimum atomic E-state index is -0.629. The van der Waals surface area contributed by atoms with Gasteiger partial charge in [0.15, 0.2) is 0 Å². The third-order valence-corrected chi connectivity index (χ3v) is 3.09. The zero-order valence-corrected chi connectivity index (χ0v) is 9.66. The lowest BCUT2D eigenvalue weighted by Crippen LogP contribution is -2.38. The topological polar surface area (TPSA) is 29.5 Å². The fraction of sp³-hybridized carbons (Fsp3) is 0.538. The van der Waals surface area contributed by atoms with Gasteiger partial charge in [0, 0.05) is 12.0 Å². The maximum Gasteiger partial charge on any atom is 0.126 e. The number of benzene rings is 1. The highest BCUT2D eigenvalue weighted by Crippen LogP contribution is 2.41. The van der Waals surface area contributed by atoms with Crippen molar-refractivity contribution in [1.29, 1.82) is 0 Å². The van der Waals surface area contributed by atoms with E-state index in [0.29, 0.717) is 17.7 Å².